The lowest BCUT2D eigenvalue weighted by Crippen LogP contribution is -1.98. The lowest BCUT2D eigenvalue weighted by molar-refractivity contribution is 0.415. The van der Waals surface area contributed by atoms with Crippen LogP contribution < -0.4 is 10.4 Å². The van der Waals surface area contributed by atoms with E-state index >= 15 is 0 Å². The number of para-hydroxylation sites is 1. The van der Waals surface area contributed by atoms with E-state index in [0.29, 0.717) is 11.0 Å². The van der Waals surface area contributed by atoms with Gasteiger partial charge in [-0.25, -0.2) is 4.79 Å². The van der Waals surface area contributed by atoms with Gasteiger partial charge in [-0.15, -0.1) is 0 Å². The first-order valence-corrected chi connectivity index (χ1v) is 8.37. The molecule has 0 unspecified atom stereocenters. The van der Waals surface area contributed by atoms with Gasteiger partial charge in [-0.1, -0.05) is 24.3 Å². The molecular weight excluding hydrogens is 326 g/mol. The SMILES string of the molecule is COc1ccc(-c2c3c4ccccc4oc(=O)c3c3ccccn23)cc1. The summed E-state index contributed by atoms with van der Waals surface area (Å²) < 4.78 is 12.9. The van der Waals surface area contributed by atoms with Crippen LogP contribution >= 0.6 is 0 Å². The van der Waals surface area contributed by atoms with Crippen LogP contribution in [0.5, 0.6) is 5.75 Å². The predicted molar refractivity (Wildman–Crippen MR) is 103 cm³/mol. The summed E-state index contributed by atoms with van der Waals surface area (Å²) in [5.41, 5.74) is 3.10. The maximum absolute atomic E-state index is 12.8. The number of aromatic nitrogens is 1. The largest absolute Gasteiger partial charge is 0.497 e. The lowest BCUT2D eigenvalue weighted by atomic mass is 10.0. The van der Waals surface area contributed by atoms with E-state index < -0.39 is 0 Å². The Morgan fingerprint density at radius 3 is 2.46 bits per heavy atom. The van der Waals surface area contributed by atoms with Crippen molar-refractivity contribution in [3.63, 3.8) is 0 Å². The second-order valence-electron chi connectivity index (χ2n) is 6.17. The van der Waals surface area contributed by atoms with Gasteiger partial charge in [0.1, 0.15) is 11.3 Å². The molecule has 0 bridgehead atoms. The molecule has 4 heteroatoms. The molecule has 3 aromatic heterocycles. The summed E-state index contributed by atoms with van der Waals surface area (Å²) in [6.45, 7) is 0. The molecule has 126 valence electrons. The smallest absolute Gasteiger partial charge is 0.346 e. The third kappa shape index (κ3) is 1.99. The highest BCUT2D eigenvalue weighted by Crippen LogP contribution is 2.37. The topological polar surface area (TPSA) is 43.8 Å². The molecule has 0 aliphatic carbocycles. The zero-order valence-corrected chi connectivity index (χ0v) is 14.1. The van der Waals surface area contributed by atoms with Crippen LogP contribution in [0.25, 0.3) is 38.5 Å². The lowest BCUT2D eigenvalue weighted by Gasteiger charge is -2.06. The number of pyridine rings is 1. The Morgan fingerprint density at radius 2 is 1.65 bits per heavy atom. The van der Waals surface area contributed by atoms with Crippen molar-refractivity contribution in [3.8, 4) is 17.0 Å². The van der Waals surface area contributed by atoms with Gasteiger partial charge in [-0.05, 0) is 48.0 Å². The third-order valence-corrected chi connectivity index (χ3v) is 4.77. The monoisotopic (exact) mass is 341 g/mol. The number of ether oxygens (including phenoxy) is 1. The zero-order valence-electron chi connectivity index (χ0n) is 14.1. The van der Waals surface area contributed by atoms with Crippen molar-refractivity contribution in [2.75, 3.05) is 7.11 Å². The number of fused-ring (bicyclic) bond motifs is 5. The molecule has 4 nitrogen and oxygen atoms in total. The standard InChI is InChI=1S/C22H15NO3/c1-25-15-11-9-14(10-12-15)21-19-16-6-2-3-8-18(16)26-22(24)20(19)17-7-4-5-13-23(17)21/h2-13H,1H3. The van der Waals surface area contributed by atoms with Crippen LogP contribution in [-0.2, 0) is 0 Å². The fraction of sp³-hybridized carbons (Fsp3) is 0.0455. The van der Waals surface area contributed by atoms with Crippen molar-refractivity contribution in [2.45, 2.75) is 0 Å². The van der Waals surface area contributed by atoms with Gasteiger partial charge < -0.3 is 13.6 Å². The molecule has 2 aromatic carbocycles. The van der Waals surface area contributed by atoms with Crippen molar-refractivity contribution in [3.05, 3.63) is 83.3 Å². The van der Waals surface area contributed by atoms with Gasteiger partial charge in [0, 0.05) is 17.0 Å². The molecule has 0 saturated heterocycles. The van der Waals surface area contributed by atoms with Gasteiger partial charge in [0.15, 0.2) is 0 Å². The van der Waals surface area contributed by atoms with E-state index in [1.165, 1.54) is 0 Å². The highest BCUT2D eigenvalue weighted by molar-refractivity contribution is 6.17. The Kier molecular flexibility index (Phi) is 3.12. The number of hydrogen-bond donors (Lipinski definition) is 0. The molecular formula is C22H15NO3. The summed E-state index contributed by atoms with van der Waals surface area (Å²) in [6, 6.07) is 21.4. The van der Waals surface area contributed by atoms with Crippen LogP contribution in [0.15, 0.2) is 82.1 Å². The average molecular weight is 341 g/mol. The molecule has 0 spiro atoms. The first-order chi connectivity index (χ1) is 12.8. The van der Waals surface area contributed by atoms with Crippen LogP contribution in [0, 0.1) is 0 Å². The molecule has 0 radical (unpaired) electrons. The highest BCUT2D eigenvalue weighted by atomic mass is 16.5. The van der Waals surface area contributed by atoms with Crippen LogP contribution in [0.4, 0.5) is 0 Å². The molecule has 0 atom stereocenters. The van der Waals surface area contributed by atoms with E-state index in [2.05, 4.69) is 4.40 Å². The molecule has 0 fully saturated rings. The Hall–Kier alpha value is -3.53. The molecule has 5 aromatic rings. The Morgan fingerprint density at radius 1 is 0.885 bits per heavy atom. The number of nitrogens with zero attached hydrogens (tertiary/aromatic N) is 1. The zero-order chi connectivity index (χ0) is 17.7. The van der Waals surface area contributed by atoms with Crippen molar-refractivity contribution in [1.29, 1.82) is 0 Å². The van der Waals surface area contributed by atoms with E-state index in [9.17, 15) is 4.79 Å². The number of benzene rings is 2. The van der Waals surface area contributed by atoms with Crippen molar-refractivity contribution < 1.29 is 9.15 Å². The molecule has 26 heavy (non-hydrogen) atoms. The molecule has 0 aliphatic rings. The first kappa shape index (κ1) is 14.8. The maximum Gasteiger partial charge on any atom is 0.346 e. The number of methoxy groups -OCH3 is 1. The fourth-order valence-corrected chi connectivity index (χ4v) is 3.62. The summed E-state index contributed by atoms with van der Waals surface area (Å²) in [7, 11) is 1.65. The molecule has 0 aliphatic heterocycles. The maximum atomic E-state index is 12.8. The van der Waals surface area contributed by atoms with Crippen molar-refractivity contribution in [1.82, 2.24) is 4.40 Å². The summed E-state index contributed by atoms with van der Waals surface area (Å²) in [5.74, 6) is 0.795. The fourth-order valence-electron chi connectivity index (χ4n) is 3.62. The Balaban J connectivity index is 2.04. The minimum atomic E-state index is -0.317. The summed E-state index contributed by atoms with van der Waals surface area (Å²) >= 11 is 0. The summed E-state index contributed by atoms with van der Waals surface area (Å²) in [4.78, 5) is 12.8. The van der Waals surface area contributed by atoms with Gasteiger partial charge in [-0.2, -0.15) is 0 Å². The minimum absolute atomic E-state index is 0.317. The van der Waals surface area contributed by atoms with Crippen LogP contribution in [0.3, 0.4) is 0 Å². The Bertz CT molecular complexity index is 1330. The van der Waals surface area contributed by atoms with Gasteiger partial charge in [0.2, 0.25) is 0 Å². The quantitative estimate of drug-likeness (QED) is 0.430. The van der Waals surface area contributed by atoms with E-state index in [1.807, 2.05) is 72.9 Å². The van der Waals surface area contributed by atoms with E-state index in [1.54, 1.807) is 7.11 Å². The van der Waals surface area contributed by atoms with Crippen LogP contribution in [0.1, 0.15) is 0 Å². The molecule has 5 rings (SSSR count). The molecule has 3 heterocycles. The molecule has 0 N–H and O–H groups in total. The van der Waals surface area contributed by atoms with Gasteiger partial charge in [0.05, 0.1) is 23.7 Å². The van der Waals surface area contributed by atoms with Crippen LogP contribution in [0.2, 0.25) is 0 Å². The van der Waals surface area contributed by atoms with Crippen LogP contribution in [-0.4, -0.2) is 11.5 Å². The number of rotatable bonds is 2. The van der Waals surface area contributed by atoms with Crippen molar-refractivity contribution in [2.24, 2.45) is 0 Å². The summed E-state index contributed by atoms with van der Waals surface area (Å²) in [5, 5.41) is 2.44. The van der Waals surface area contributed by atoms with E-state index in [0.717, 1.165) is 33.3 Å². The molecule has 0 amide bonds. The first-order valence-electron chi connectivity index (χ1n) is 8.37. The Labute approximate surface area is 148 Å². The predicted octanol–water partition coefficient (Wildman–Crippen LogP) is 4.87. The van der Waals surface area contributed by atoms with Gasteiger partial charge in [0.25, 0.3) is 0 Å². The number of hydrogen-bond acceptors (Lipinski definition) is 3. The van der Waals surface area contributed by atoms with E-state index in [4.69, 9.17) is 9.15 Å². The second kappa shape index (κ2) is 5.49. The third-order valence-electron chi connectivity index (χ3n) is 4.77. The van der Waals surface area contributed by atoms with Crippen molar-refractivity contribution >= 4 is 27.3 Å². The summed E-state index contributed by atoms with van der Waals surface area (Å²) in [6.07, 6.45) is 1.98. The second-order valence-corrected chi connectivity index (χ2v) is 6.17. The highest BCUT2D eigenvalue weighted by Gasteiger charge is 2.19. The van der Waals surface area contributed by atoms with Gasteiger partial charge in [-0.3, -0.25) is 0 Å². The molecule has 0 saturated carbocycles. The van der Waals surface area contributed by atoms with Gasteiger partial charge >= 0.3 is 5.63 Å². The van der Waals surface area contributed by atoms with E-state index in [-0.39, 0.29) is 5.63 Å². The average Bonchev–Trinajstić information content (AvgIpc) is 3.04. The normalized spacial score (nSPS) is 11.4. The minimum Gasteiger partial charge on any atom is -0.497 e.